The van der Waals surface area contributed by atoms with Gasteiger partial charge in [0.05, 0.1) is 13.7 Å². The van der Waals surface area contributed by atoms with Crippen LogP contribution in [0, 0.1) is 0 Å². The zero-order valence-electron chi connectivity index (χ0n) is 8.90. The number of ether oxygens (including phenoxy) is 1. The zero-order valence-corrected chi connectivity index (χ0v) is 8.90. The molecule has 1 atom stereocenters. The normalized spacial score (nSPS) is 14.4. The maximum atomic E-state index is 9.54. The third-order valence-corrected chi connectivity index (χ3v) is 1.92. The molecule has 5 heteroatoms. The Kier molecular flexibility index (Phi) is 3.88. The molecule has 1 unspecified atom stereocenters. The van der Waals surface area contributed by atoms with Gasteiger partial charge in [-0.05, 0) is 13.0 Å². The smallest absolute Gasteiger partial charge is 0.214 e. The van der Waals surface area contributed by atoms with Crippen molar-refractivity contribution < 1.29 is 14.9 Å². The molecule has 1 aromatic heterocycles. The molecule has 0 aromatic carbocycles. The summed E-state index contributed by atoms with van der Waals surface area (Å²) in [6.45, 7) is 1.47. The number of pyridine rings is 1. The highest BCUT2D eigenvalue weighted by Crippen LogP contribution is 2.11. The standard InChI is InChI=1S/C10H16N2O3/c1-10(14,7-13)6-11-8-4-3-5-9(12-8)15-2/h3-5,13-14H,6-7H2,1-2H3,(H,11,12). The van der Waals surface area contributed by atoms with Crippen molar-refractivity contribution in [1.29, 1.82) is 0 Å². The number of methoxy groups -OCH3 is 1. The maximum Gasteiger partial charge on any atom is 0.214 e. The molecule has 1 aromatic rings. The first-order valence-corrected chi connectivity index (χ1v) is 4.65. The average Bonchev–Trinajstić information content (AvgIpc) is 2.27. The SMILES string of the molecule is COc1cccc(NCC(C)(O)CO)n1. The largest absolute Gasteiger partial charge is 0.481 e. The fourth-order valence-corrected chi connectivity index (χ4v) is 0.964. The minimum atomic E-state index is -1.15. The average molecular weight is 212 g/mol. The molecular formula is C10H16N2O3. The fraction of sp³-hybridized carbons (Fsp3) is 0.500. The summed E-state index contributed by atoms with van der Waals surface area (Å²) >= 11 is 0. The lowest BCUT2D eigenvalue weighted by molar-refractivity contribution is 0.0131. The van der Waals surface area contributed by atoms with Gasteiger partial charge in [0, 0.05) is 12.6 Å². The van der Waals surface area contributed by atoms with E-state index in [0.717, 1.165) is 0 Å². The highest BCUT2D eigenvalue weighted by Gasteiger charge is 2.18. The predicted molar refractivity (Wildman–Crippen MR) is 57.0 cm³/mol. The van der Waals surface area contributed by atoms with E-state index in [-0.39, 0.29) is 13.2 Å². The monoisotopic (exact) mass is 212 g/mol. The molecule has 0 aliphatic carbocycles. The number of hydrogen-bond donors (Lipinski definition) is 3. The Bertz CT molecular complexity index is 315. The summed E-state index contributed by atoms with van der Waals surface area (Å²) in [5.74, 6) is 1.10. The lowest BCUT2D eigenvalue weighted by Crippen LogP contribution is -2.37. The van der Waals surface area contributed by atoms with Crippen molar-refractivity contribution in [1.82, 2.24) is 4.98 Å². The van der Waals surface area contributed by atoms with Gasteiger partial charge in [-0.25, -0.2) is 0 Å². The number of nitrogens with one attached hydrogen (secondary N) is 1. The maximum absolute atomic E-state index is 9.54. The van der Waals surface area contributed by atoms with Gasteiger partial charge in [0.25, 0.3) is 0 Å². The highest BCUT2D eigenvalue weighted by atomic mass is 16.5. The van der Waals surface area contributed by atoms with Gasteiger partial charge >= 0.3 is 0 Å². The van der Waals surface area contributed by atoms with Gasteiger partial charge in [0.1, 0.15) is 11.4 Å². The number of anilines is 1. The van der Waals surface area contributed by atoms with Crippen LogP contribution in [0.4, 0.5) is 5.82 Å². The third-order valence-electron chi connectivity index (χ3n) is 1.92. The van der Waals surface area contributed by atoms with Crippen LogP contribution in [0.3, 0.4) is 0 Å². The number of aliphatic hydroxyl groups excluding tert-OH is 1. The molecule has 15 heavy (non-hydrogen) atoms. The van der Waals surface area contributed by atoms with E-state index in [4.69, 9.17) is 9.84 Å². The summed E-state index contributed by atoms with van der Waals surface area (Å²) in [6, 6.07) is 5.28. The van der Waals surface area contributed by atoms with Crippen LogP contribution in [-0.4, -0.2) is 41.1 Å². The second-order valence-corrected chi connectivity index (χ2v) is 3.57. The van der Waals surface area contributed by atoms with Crippen molar-refractivity contribution in [2.45, 2.75) is 12.5 Å². The highest BCUT2D eigenvalue weighted by molar-refractivity contribution is 5.37. The van der Waals surface area contributed by atoms with Gasteiger partial charge in [0.2, 0.25) is 5.88 Å². The molecule has 0 saturated heterocycles. The quantitative estimate of drug-likeness (QED) is 0.652. The third kappa shape index (κ3) is 3.73. The first kappa shape index (κ1) is 11.7. The van der Waals surface area contributed by atoms with Crippen LogP contribution >= 0.6 is 0 Å². The van der Waals surface area contributed by atoms with Gasteiger partial charge in [-0.1, -0.05) is 6.07 Å². The van der Waals surface area contributed by atoms with Crippen molar-refractivity contribution in [3.05, 3.63) is 18.2 Å². The van der Waals surface area contributed by atoms with E-state index in [1.807, 2.05) is 0 Å². The van der Waals surface area contributed by atoms with Gasteiger partial charge in [-0.15, -0.1) is 0 Å². The van der Waals surface area contributed by atoms with Gasteiger partial charge in [0.15, 0.2) is 0 Å². The summed E-state index contributed by atoms with van der Waals surface area (Å²) in [6.07, 6.45) is 0. The van der Waals surface area contributed by atoms with Crippen molar-refractivity contribution in [2.75, 3.05) is 25.6 Å². The Balaban J connectivity index is 2.57. The molecule has 1 rings (SSSR count). The van der Waals surface area contributed by atoms with Crippen LogP contribution in [0.5, 0.6) is 5.88 Å². The Morgan fingerprint density at radius 2 is 2.27 bits per heavy atom. The molecule has 0 saturated carbocycles. The summed E-state index contributed by atoms with van der Waals surface area (Å²) in [5, 5.41) is 21.3. The van der Waals surface area contributed by atoms with Crippen LogP contribution in [0.2, 0.25) is 0 Å². The van der Waals surface area contributed by atoms with Gasteiger partial charge < -0.3 is 20.3 Å². The van der Waals surface area contributed by atoms with Crippen molar-refractivity contribution in [2.24, 2.45) is 0 Å². The van der Waals surface area contributed by atoms with Crippen molar-refractivity contribution in [3.63, 3.8) is 0 Å². The molecular weight excluding hydrogens is 196 g/mol. The van der Waals surface area contributed by atoms with E-state index in [9.17, 15) is 5.11 Å². The van der Waals surface area contributed by atoms with E-state index in [1.165, 1.54) is 7.11 Å². The Morgan fingerprint density at radius 1 is 1.53 bits per heavy atom. The summed E-state index contributed by atoms with van der Waals surface area (Å²) < 4.78 is 4.95. The number of hydrogen-bond acceptors (Lipinski definition) is 5. The second-order valence-electron chi connectivity index (χ2n) is 3.57. The number of nitrogens with zero attached hydrogens (tertiary/aromatic N) is 1. The topological polar surface area (TPSA) is 74.6 Å². The van der Waals surface area contributed by atoms with E-state index in [2.05, 4.69) is 10.3 Å². The molecule has 0 fully saturated rings. The van der Waals surface area contributed by atoms with E-state index in [1.54, 1.807) is 25.1 Å². The van der Waals surface area contributed by atoms with Gasteiger partial charge in [-0.2, -0.15) is 4.98 Å². The molecule has 84 valence electrons. The Morgan fingerprint density at radius 3 is 2.87 bits per heavy atom. The lowest BCUT2D eigenvalue weighted by Gasteiger charge is -2.20. The second kappa shape index (κ2) is 4.95. The molecule has 0 amide bonds. The summed E-state index contributed by atoms with van der Waals surface area (Å²) in [7, 11) is 1.54. The van der Waals surface area contributed by atoms with Crippen LogP contribution in [0.15, 0.2) is 18.2 Å². The number of aliphatic hydroxyl groups is 2. The fourth-order valence-electron chi connectivity index (χ4n) is 0.964. The molecule has 0 radical (unpaired) electrons. The first-order chi connectivity index (χ1) is 7.07. The Labute approximate surface area is 88.7 Å². The van der Waals surface area contributed by atoms with Crippen molar-refractivity contribution >= 4 is 5.82 Å². The van der Waals surface area contributed by atoms with E-state index >= 15 is 0 Å². The van der Waals surface area contributed by atoms with Crippen molar-refractivity contribution in [3.8, 4) is 5.88 Å². The van der Waals surface area contributed by atoms with E-state index < -0.39 is 5.60 Å². The summed E-state index contributed by atoms with van der Waals surface area (Å²) in [4.78, 5) is 4.10. The molecule has 3 N–H and O–H groups in total. The van der Waals surface area contributed by atoms with Crippen LogP contribution in [0.25, 0.3) is 0 Å². The predicted octanol–water partition coefficient (Wildman–Crippen LogP) is 0.245. The Hall–Kier alpha value is -1.33. The van der Waals surface area contributed by atoms with Crippen LogP contribution < -0.4 is 10.1 Å². The lowest BCUT2D eigenvalue weighted by atomic mass is 10.1. The van der Waals surface area contributed by atoms with E-state index in [0.29, 0.717) is 11.7 Å². The minimum absolute atomic E-state index is 0.226. The molecule has 0 aliphatic rings. The van der Waals surface area contributed by atoms with Crippen LogP contribution in [-0.2, 0) is 0 Å². The molecule has 5 nitrogen and oxygen atoms in total. The molecule has 0 bridgehead atoms. The minimum Gasteiger partial charge on any atom is -0.481 e. The molecule has 0 aliphatic heterocycles. The van der Waals surface area contributed by atoms with Crippen LogP contribution in [0.1, 0.15) is 6.92 Å². The molecule has 0 spiro atoms. The summed E-state index contributed by atoms with van der Waals surface area (Å²) in [5.41, 5.74) is -1.15. The number of rotatable bonds is 5. The zero-order chi connectivity index (χ0) is 11.3. The first-order valence-electron chi connectivity index (χ1n) is 4.65. The van der Waals surface area contributed by atoms with Gasteiger partial charge in [-0.3, -0.25) is 0 Å². The molecule has 1 heterocycles. The number of aromatic nitrogens is 1.